The smallest absolute Gasteiger partial charge is 0.263 e. The Morgan fingerprint density at radius 3 is 2.64 bits per heavy atom. The summed E-state index contributed by atoms with van der Waals surface area (Å²) in [7, 11) is 0. The number of benzene rings is 1. The Hall–Kier alpha value is -1.59. The quantitative estimate of drug-likeness (QED) is 0.388. The fourth-order valence-corrected chi connectivity index (χ4v) is 6.94. The minimum Gasteiger partial charge on any atom is -0.284 e. The topological polar surface area (TPSA) is 34.9 Å². The van der Waals surface area contributed by atoms with Crippen molar-refractivity contribution in [2.45, 2.75) is 75.2 Å². The van der Waals surface area contributed by atoms with E-state index in [0.717, 1.165) is 46.8 Å². The maximum atomic E-state index is 13.6. The largest absolute Gasteiger partial charge is 0.284 e. The average molecular weight is 411 g/mol. The van der Waals surface area contributed by atoms with Crippen LogP contribution in [0.1, 0.15) is 66.1 Å². The van der Waals surface area contributed by atoms with Gasteiger partial charge in [0.05, 0.1) is 5.39 Å². The second kappa shape index (κ2) is 7.68. The molecule has 0 saturated heterocycles. The molecular formula is C23H26N2OS2. The van der Waals surface area contributed by atoms with Crippen molar-refractivity contribution in [2.24, 2.45) is 0 Å². The molecule has 0 atom stereocenters. The van der Waals surface area contributed by atoms with Crippen molar-refractivity contribution in [3.05, 3.63) is 56.2 Å². The predicted octanol–water partition coefficient (Wildman–Crippen LogP) is 6.05. The van der Waals surface area contributed by atoms with E-state index in [1.165, 1.54) is 47.3 Å². The van der Waals surface area contributed by atoms with E-state index in [9.17, 15) is 4.79 Å². The van der Waals surface area contributed by atoms with Crippen LogP contribution in [0.4, 0.5) is 0 Å². The molecule has 0 amide bonds. The highest BCUT2D eigenvalue weighted by molar-refractivity contribution is 7.98. The minimum atomic E-state index is 0.225. The number of fused-ring (bicyclic) bond motifs is 3. The molecule has 2 aliphatic carbocycles. The van der Waals surface area contributed by atoms with E-state index in [0.29, 0.717) is 6.04 Å². The Morgan fingerprint density at radius 2 is 1.86 bits per heavy atom. The summed E-state index contributed by atoms with van der Waals surface area (Å²) in [6, 6.07) is 9.00. The summed E-state index contributed by atoms with van der Waals surface area (Å²) < 4.78 is 2.07. The Labute approximate surface area is 174 Å². The molecule has 2 aliphatic rings. The third-order valence-electron chi connectivity index (χ3n) is 6.17. The summed E-state index contributed by atoms with van der Waals surface area (Å²) in [5.41, 5.74) is 4.10. The predicted molar refractivity (Wildman–Crippen MR) is 119 cm³/mol. The first-order chi connectivity index (χ1) is 13.7. The zero-order chi connectivity index (χ0) is 19.1. The Morgan fingerprint density at radius 1 is 1.11 bits per heavy atom. The zero-order valence-corrected chi connectivity index (χ0v) is 18.0. The average Bonchev–Trinajstić information content (AvgIpc) is 3.35. The molecule has 146 valence electrons. The molecule has 0 bridgehead atoms. The van der Waals surface area contributed by atoms with Gasteiger partial charge in [-0.15, -0.1) is 11.3 Å². The fourth-order valence-electron chi connectivity index (χ4n) is 4.62. The molecule has 3 nitrogen and oxygen atoms in total. The molecule has 1 fully saturated rings. The van der Waals surface area contributed by atoms with Crippen LogP contribution in [0.3, 0.4) is 0 Å². The highest BCUT2D eigenvalue weighted by Gasteiger charge is 2.26. The van der Waals surface area contributed by atoms with Crippen molar-refractivity contribution in [1.29, 1.82) is 0 Å². The zero-order valence-electron chi connectivity index (χ0n) is 16.4. The Balaban J connectivity index is 1.58. The Bertz CT molecular complexity index is 1060. The molecule has 3 aromatic rings. The monoisotopic (exact) mass is 410 g/mol. The first kappa shape index (κ1) is 18.4. The summed E-state index contributed by atoms with van der Waals surface area (Å²) in [5, 5.41) is 1.86. The Kier molecular flexibility index (Phi) is 5.06. The van der Waals surface area contributed by atoms with Crippen LogP contribution in [0.25, 0.3) is 10.2 Å². The first-order valence-electron chi connectivity index (χ1n) is 10.5. The molecule has 5 rings (SSSR count). The highest BCUT2D eigenvalue weighted by atomic mass is 32.2. The summed E-state index contributed by atoms with van der Waals surface area (Å²) >= 11 is 3.49. The van der Waals surface area contributed by atoms with Crippen LogP contribution in [0.5, 0.6) is 0 Å². The van der Waals surface area contributed by atoms with Gasteiger partial charge < -0.3 is 0 Å². The number of thioether (sulfide) groups is 1. The van der Waals surface area contributed by atoms with Crippen molar-refractivity contribution in [3.8, 4) is 0 Å². The molecule has 1 saturated carbocycles. The number of hydrogen-bond donors (Lipinski definition) is 0. The van der Waals surface area contributed by atoms with Crippen LogP contribution >= 0.6 is 23.1 Å². The summed E-state index contributed by atoms with van der Waals surface area (Å²) in [4.78, 5) is 21.1. The SMILES string of the molecule is Cc1ccc(CSc2nc3sc4c(c3c(=O)n2C2CCCC2)CCCC4)cc1. The van der Waals surface area contributed by atoms with Crippen LogP contribution in [0.15, 0.2) is 34.2 Å². The van der Waals surface area contributed by atoms with Crippen molar-refractivity contribution in [3.63, 3.8) is 0 Å². The second-order valence-electron chi connectivity index (χ2n) is 8.17. The van der Waals surface area contributed by atoms with Gasteiger partial charge in [-0.2, -0.15) is 0 Å². The molecular weight excluding hydrogens is 384 g/mol. The standard InChI is InChI=1S/C23H26N2OS2/c1-15-10-12-16(13-11-15)14-27-23-24-21-20(18-8-4-5-9-19(18)28-21)22(26)25(23)17-6-2-3-7-17/h10-13,17H,2-9,14H2,1H3. The van der Waals surface area contributed by atoms with Gasteiger partial charge in [0, 0.05) is 16.7 Å². The van der Waals surface area contributed by atoms with Crippen LogP contribution < -0.4 is 5.56 Å². The van der Waals surface area contributed by atoms with Crippen LogP contribution in [0.2, 0.25) is 0 Å². The lowest BCUT2D eigenvalue weighted by atomic mass is 9.97. The molecule has 0 unspecified atom stereocenters. The van der Waals surface area contributed by atoms with Gasteiger partial charge in [-0.05, 0) is 56.6 Å². The van der Waals surface area contributed by atoms with E-state index in [1.54, 1.807) is 23.1 Å². The number of rotatable bonds is 4. The molecule has 2 heterocycles. The first-order valence-corrected chi connectivity index (χ1v) is 12.3. The lowest BCUT2D eigenvalue weighted by Crippen LogP contribution is -2.26. The second-order valence-corrected chi connectivity index (χ2v) is 10.2. The molecule has 2 aromatic heterocycles. The van der Waals surface area contributed by atoms with Crippen molar-refractivity contribution in [1.82, 2.24) is 9.55 Å². The van der Waals surface area contributed by atoms with Gasteiger partial charge in [-0.1, -0.05) is 54.4 Å². The number of aryl methyl sites for hydroxylation is 3. The van der Waals surface area contributed by atoms with Crippen LogP contribution in [-0.4, -0.2) is 9.55 Å². The van der Waals surface area contributed by atoms with Crippen molar-refractivity contribution in [2.75, 3.05) is 0 Å². The normalized spacial score (nSPS) is 17.3. The van der Waals surface area contributed by atoms with Crippen molar-refractivity contribution >= 4 is 33.3 Å². The summed E-state index contributed by atoms with van der Waals surface area (Å²) in [6.45, 7) is 2.11. The number of thiophene rings is 1. The fraction of sp³-hybridized carbons (Fsp3) is 0.478. The molecule has 1 aromatic carbocycles. The van der Waals surface area contributed by atoms with E-state index in [-0.39, 0.29) is 5.56 Å². The van der Waals surface area contributed by atoms with Gasteiger partial charge in [0.15, 0.2) is 5.16 Å². The van der Waals surface area contributed by atoms with Crippen LogP contribution in [0, 0.1) is 6.92 Å². The number of nitrogens with zero attached hydrogens (tertiary/aromatic N) is 2. The van der Waals surface area contributed by atoms with E-state index in [4.69, 9.17) is 4.98 Å². The van der Waals surface area contributed by atoms with E-state index in [2.05, 4.69) is 35.8 Å². The summed E-state index contributed by atoms with van der Waals surface area (Å²) in [6.07, 6.45) is 9.27. The molecule has 5 heteroatoms. The highest BCUT2D eigenvalue weighted by Crippen LogP contribution is 2.37. The van der Waals surface area contributed by atoms with Gasteiger partial charge in [-0.3, -0.25) is 9.36 Å². The molecule has 28 heavy (non-hydrogen) atoms. The third-order valence-corrected chi connectivity index (χ3v) is 8.38. The maximum Gasteiger partial charge on any atom is 0.263 e. The maximum absolute atomic E-state index is 13.6. The molecule has 0 aliphatic heterocycles. The number of hydrogen-bond acceptors (Lipinski definition) is 4. The van der Waals surface area contributed by atoms with Gasteiger partial charge in [0.1, 0.15) is 4.83 Å². The van der Waals surface area contributed by atoms with Gasteiger partial charge in [-0.25, -0.2) is 4.98 Å². The van der Waals surface area contributed by atoms with Gasteiger partial charge in [0.25, 0.3) is 5.56 Å². The van der Waals surface area contributed by atoms with Gasteiger partial charge >= 0.3 is 0 Å². The minimum absolute atomic E-state index is 0.225. The lowest BCUT2D eigenvalue weighted by molar-refractivity contribution is 0.457. The number of aromatic nitrogens is 2. The van der Waals surface area contributed by atoms with Crippen molar-refractivity contribution < 1.29 is 0 Å². The van der Waals surface area contributed by atoms with E-state index < -0.39 is 0 Å². The van der Waals surface area contributed by atoms with E-state index in [1.807, 2.05) is 0 Å². The van der Waals surface area contributed by atoms with Crippen LogP contribution in [-0.2, 0) is 18.6 Å². The van der Waals surface area contributed by atoms with Gasteiger partial charge in [0.2, 0.25) is 0 Å². The molecule has 0 radical (unpaired) electrons. The lowest BCUT2D eigenvalue weighted by Gasteiger charge is -2.18. The summed E-state index contributed by atoms with van der Waals surface area (Å²) in [5.74, 6) is 0.857. The molecule has 0 N–H and O–H groups in total. The molecule has 0 spiro atoms. The van der Waals surface area contributed by atoms with E-state index >= 15 is 0 Å². The third kappa shape index (κ3) is 3.33.